The standard InChI is InChI=1S/C18H37NO/c1-5-14-19-17(13-12-15(3)4)18(20-6-2)16-10-8-7-9-11-16/h15-19H,5-14H2,1-4H3. The van der Waals surface area contributed by atoms with Gasteiger partial charge in [-0.05, 0) is 57.4 Å². The first-order chi connectivity index (χ1) is 9.69. The SMILES string of the molecule is CCCNC(CCC(C)C)C(OCC)C1CCCCC1. The maximum Gasteiger partial charge on any atom is 0.0755 e. The van der Waals surface area contributed by atoms with Crippen molar-refractivity contribution in [2.45, 2.75) is 91.2 Å². The van der Waals surface area contributed by atoms with E-state index in [1.165, 1.54) is 51.4 Å². The van der Waals surface area contributed by atoms with Crippen molar-refractivity contribution < 1.29 is 4.74 Å². The fourth-order valence-corrected chi connectivity index (χ4v) is 3.46. The first-order valence-electron chi connectivity index (χ1n) is 9.04. The minimum atomic E-state index is 0.436. The molecule has 0 aromatic carbocycles. The van der Waals surface area contributed by atoms with E-state index in [-0.39, 0.29) is 0 Å². The van der Waals surface area contributed by atoms with Crippen molar-refractivity contribution in [2.75, 3.05) is 13.2 Å². The van der Waals surface area contributed by atoms with E-state index in [2.05, 4.69) is 33.0 Å². The molecule has 2 atom stereocenters. The summed E-state index contributed by atoms with van der Waals surface area (Å²) in [7, 11) is 0. The lowest BCUT2D eigenvalue weighted by atomic mass is 9.81. The van der Waals surface area contributed by atoms with Gasteiger partial charge in [0, 0.05) is 12.6 Å². The highest BCUT2D eigenvalue weighted by atomic mass is 16.5. The Morgan fingerprint density at radius 2 is 1.75 bits per heavy atom. The van der Waals surface area contributed by atoms with E-state index in [1.807, 2.05) is 0 Å². The second-order valence-corrected chi connectivity index (χ2v) is 6.85. The molecule has 0 radical (unpaired) electrons. The van der Waals surface area contributed by atoms with Gasteiger partial charge in [-0.3, -0.25) is 0 Å². The Morgan fingerprint density at radius 1 is 1.05 bits per heavy atom. The van der Waals surface area contributed by atoms with Crippen LogP contribution in [0, 0.1) is 11.8 Å². The van der Waals surface area contributed by atoms with Gasteiger partial charge in [0.15, 0.2) is 0 Å². The van der Waals surface area contributed by atoms with Crippen LogP contribution in [0.2, 0.25) is 0 Å². The van der Waals surface area contributed by atoms with Gasteiger partial charge in [0.1, 0.15) is 0 Å². The lowest BCUT2D eigenvalue weighted by molar-refractivity contribution is -0.0202. The van der Waals surface area contributed by atoms with Gasteiger partial charge >= 0.3 is 0 Å². The van der Waals surface area contributed by atoms with Crippen LogP contribution in [0.1, 0.15) is 79.1 Å². The third-order valence-corrected chi connectivity index (χ3v) is 4.58. The van der Waals surface area contributed by atoms with Crippen LogP contribution in [0.25, 0.3) is 0 Å². The quantitative estimate of drug-likeness (QED) is 0.623. The van der Waals surface area contributed by atoms with Crippen LogP contribution in [0.5, 0.6) is 0 Å². The largest absolute Gasteiger partial charge is 0.377 e. The molecule has 0 bridgehead atoms. The van der Waals surface area contributed by atoms with E-state index in [9.17, 15) is 0 Å². The predicted octanol–water partition coefficient (Wildman–Crippen LogP) is 4.78. The third-order valence-electron chi connectivity index (χ3n) is 4.58. The zero-order valence-corrected chi connectivity index (χ0v) is 14.3. The minimum absolute atomic E-state index is 0.436. The van der Waals surface area contributed by atoms with E-state index >= 15 is 0 Å². The number of hydrogen-bond acceptors (Lipinski definition) is 2. The summed E-state index contributed by atoms with van der Waals surface area (Å²) in [6, 6.07) is 0.556. The fourth-order valence-electron chi connectivity index (χ4n) is 3.46. The van der Waals surface area contributed by atoms with Crippen LogP contribution < -0.4 is 5.32 Å². The molecule has 0 amide bonds. The van der Waals surface area contributed by atoms with Crippen molar-refractivity contribution in [3.8, 4) is 0 Å². The molecule has 1 aliphatic rings. The smallest absolute Gasteiger partial charge is 0.0755 e. The van der Waals surface area contributed by atoms with Crippen LogP contribution in [0.4, 0.5) is 0 Å². The summed E-state index contributed by atoms with van der Waals surface area (Å²) in [6.07, 6.45) is 11.2. The van der Waals surface area contributed by atoms with Crippen molar-refractivity contribution in [2.24, 2.45) is 11.8 Å². The molecule has 1 rings (SSSR count). The van der Waals surface area contributed by atoms with E-state index in [0.717, 1.165) is 25.0 Å². The Hall–Kier alpha value is -0.0800. The summed E-state index contributed by atoms with van der Waals surface area (Å²) in [5.74, 6) is 1.57. The number of ether oxygens (including phenoxy) is 1. The average Bonchev–Trinajstić information content (AvgIpc) is 2.46. The fraction of sp³-hybridized carbons (Fsp3) is 1.00. The molecular weight excluding hydrogens is 246 g/mol. The second-order valence-electron chi connectivity index (χ2n) is 6.85. The van der Waals surface area contributed by atoms with Gasteiger partial charge in [-0.1, -0.05) is 40.0 Å². The highest BCUT2D eigenvalue weighted by Crippen LogP contribution is 2.31. The molecule has 0 aromatic rings. The molecule has 0 aliphatic heterocycles. The number of hydrogen-bond donors (Lipinski definition) is 1. The van der Waals surface area contributed by atoms with Crippen LogP contribution in [0.3, 0.4) is 0 Å². The molecule has 1 aliphatic carbocycles. The monoisotopic (exact) mass is 283 g/mol. The molecule has 2 heteroatoms. The van der Waals surface area contributed by atoms with E-state index in [4.69, 9.17) is 4.74 Å². The minimum Gasteiger partial charge on any atom is -0.377 e. The lowest BCUT2D eigenvalue weighted by Crippen LogP contribution is -2.46. The molecule has 1 N–H and O–H groups in total. The number of rotatable bonds is 10. The van der Waals surface area contributed by atoms with Crippen molar-refractivity contribution in [3.63, 3.8) is 0 Å². The Balaban J connectivity index is 2.62. The maximum absolute atomic E-state index is 6.21. The summed E-state index contributed by atoms with van der Waals surface area (Å²) in [5.41, 5.74) is 0. The average molecular weight is 284 g/mol. The normalized spacial score (nSPS) is 20.2. The van der Waals surface area contributed by atoms with Crippen LogP contribution >= 0.6 is 0 Å². The first-order valence-corrected chi connectivity index (χ1v) is 9.04. The predicted molar refractivity (Wildman–Crippen MR) is 88.1 cm³/mol. The van der Waals surface area contributed by atoms with Gasteiger partial charge < -0.3 is 10.1 Å². The van der Waals surface area contributed by atoms with Gasteiger partial charge in [0.05, 0.1) is 6.10 Å². The Labute approximate surface area is 127 Å². The van der Waals surface area contributed by atoms with Crippen molar-refractivity contribution in [3.05, 3.63) is 0 Å². The molecule has 0 aromatic heterocycles. The van der Waals surface area contributed by atoms with Gasteiger partial charge in [0.2, 0.25) is 0 Å². The lowest BCUT2D eigenvalue weighted by Gasteiger charge is -2.36. The maximum atomic E-state index is 6.21. The highest BCUT2D eigenvalue weighted by molar-refractivity contribution is 4.85. The van der Waals surface area contributed by atoms with Gasteiger partial charge in [-0.15, -0.1) is 0 Å². The third kappa shape index (κ3) is 6.58. The zero-order valence-electron chi connectivity index (χ0n) is 14.3. The molecule has 20 heavy (non-hydrogen) atoms. The zero-order chi connectivity index (χ0) is 14.8. The van der Waals surface area contributed by atoms with Gasteiger partial charge in [-0.2, -0.15) is 0 Å². The number of nitrogens with one attached hydrogen (secondary N) is 1. The van der Waals surface area contributed by atoms with Crippen LogP contribution in [-0.4, -0.2) is 25.3 Å². The van der Waals surface area contributed by atoms with E-state index < -0.39 is 0 Å². The Kier molecular flexibility index (Phi) is 9.54. The molecule has 1 saturated carbocycles. The summed E-state index contributed by atoms with van der Waals surface area (Å²) < 4.78 is 6.21. The van der Waals surface area contributed by atoms with E-state index in [1.54, 1.807) is 0 Å². The molecule has 0 saturated heterocycles. The first kappa shape index (κ1) is 18.0. The highest BCUT2D eigenvalue weighted by Gasteiger charge is 2.30. The molecule has 0 spiro atoms. The Morgan fingerprint density at radius 3 is 2.30 bits per heavy atom. The topological polar surface area (TPSA) is 21.3 Å². The van der Waals surface area contributed by atoms with Gasteiger partial charge in [-0.25, -0.2) is 0 Å². The molecular formula is C18H37NO. The van der Waals surface area contributed by atoms with Crippen LogP contribution in [0.15, 0.2) is 0 Å². The van der Waals surface area contributed by atoms with Crippen molar-refractivity contribution >= 4 is 0 Å². The molecule has 0 heterocycles. The molecule has 120 valence electrons. The van der Waals surface area contributed by atoms with Crippen molar-refractivity contribution in [1.29, 1.82) is 0 Å². The molecule has 1 fully saturated rings. The summed E-state index contributed by atoms with van der Waals surface area (Å²) >= 11 is 0. The van der Waals surface area contributed by atoms with E-state index in [0.29, 0.717) is 12.1 Å². The Bertz CT molecular complexity index is 223. The summed E-state index contributed by atoms with van der Waals surface area (Å²) in [4.78, 5) is 0. The molecule has 2 nitrogen and oxygen atoms in total. The van der Waals surface area contributed by atoms with Crippen LogP contribution in [-0.2, 0) is 4.74 Å². The second kappa shape index (κ2) is 10.6. The van der Waals surface area contributed by atoms with Gasteiger partial charge in [0.25, 0.3) is 0 Å². The van der Waals surface area contributed by atoms with Crippen molar-refractivity contribution in [1.82, 2.24) is 5.32 Å². The summed E-state index contributed by atoms with van der Waals surface area (Å²) in [5, 5.41) is 3.78. The summed E-state index contributed by atoms with van der Waals surface area (Å²) in [6.45, 7) is 11.0. The molecule has 2 unspecified atom stereocenters.